The van der Waals surface area contributed by atoms with Gasteiger partial charge in [-0.05, 0) is 18.2 Å². The van der Waals surface area contributed by atoms with E-state index < -0.39 is 11.6 Å². The van der Waals surface area contributed by atoms with E-state index in [9.17, 15) is 8.78 Å². The summed E-state index contributed by atoms with van der Waals surface area (Å²) in [5.41, 5.74) is 0.746. The molecule has 1 heterocycles. The number of rotatable bonds is 3. The first-order valence-corrected chi connectivity index (χ1v) is 6.79. The average Bonchev–Trinajstić information content (AvgIpc) is 2.38. The molecule has 1 radical (unpaired) electrons. The smallest absolute Gasteiger partial charge is 0.122 e. The van der Waals surface area contributed by atoms with E-state index in [1.54, 1.807) is 24.9 Å². The second-order valence-corrected chi connectivity index (χ2v) is 5.04. The van der Waals surface area contributed by atoms with Crippen molar-refractivity contribution < 1.29 is 46.2 Å². The predicted octanol–water partition coefficient (Wildman–Crippen LogP) is 4.24. The van der Waals surface area contributed by atoms with Crippen LogP contribution >= 0.6 is 15.9 Å². The SMILES string of the molecule is C=C1C(Br)=C[C-]=C(c2c(F)cc(OCC)cc2F)N1C.[Y]. The van der Waals surface area contributed by atoms with Gasteiger partial charge in [0.15, 0.2) is 0 Å². The summed E-state index contributed by atoms with van der Waals surface area (Å²) in [4.78, 5) is 1.58. The third-order valence-corrected chi connectivity index (χ3v) is 3.60. The molecule has 0 bridgehead atoms. The van der Waals surface area contributed by atoms with Gasteiger partial charge in [0, 0.05) is 51.9 Å². The fourth-order valence-corrected chi connectivity index (χ4v) is 2.25. The summed E-state index contributed by atoms with van der Waals surface area (Å²) < 4.78 is 34.1. The van der Waals surface area contributed by atoms with Gasteiger partial charge < -0.3 is 9.64 Å². The van der Waals surface area contributed by atoms with Crippen molar-refractivity contribution in [2.45, 2.75) is 6.92 Å². The maximum atomic E-state index is 14.1. The summed E-state index contributed by atoms with van der Waals surface area (Å²) in [7, 11) is 1.67. The molecule has 109 valence electrons. The zero-order chi connectivity index (χ0) is 14.9. The number of nitrogens with zero attached hydrogens (tertiary/aromatic N) is 1. The zero-order valence-electron chi connectivity index (χ0n) is 11.7. The monoisotopic (exact) mass is 429 g/mol. The van der Waals surface area contributed by atoms with Crippen LogP contribution in [0.1, 0.15) is 12.5 Å². The molecule has 0 aromatic heterocycles. The van der Waals surface area contributed by atoms with Crippen molar-refractivity contribution >= 4 is 21.6 Å². The van der Waals surface area contributed by atoms with Crippen molar-refractivity contribution in [1.82, 2.24) is 4.90 Å². The molecule has 2 rings (SSSR count). The first kappa shape index (κ1) is 18.5. The van der Waals surface area contributed by atoms with Crippen LogP contribution in [0.5, 0.6) is 5.75 Å². The van der Waals surface area contributed by atoms with Gasteiger partial charge in [0.1, 0.15) is 5.75 Å². The number of halogens is 3. The quantitative estimate of drug-likeness (QED) is 0.666. The second kappa shape index (κ2) is 7.66. The van der Waals surface area contributed by atoms with Crippen LogP contribution in [0.2, 0.25) is 0 Å². The first-order valence-electron chi connectivity index (χ1n) is 6.00. The number of hydrogen-bond donors (Lipinski definition) is 0. The van der Waals surface area contributed by atoms with Crippen molar-refractivity contribution in [2.24, 2.45) is 0 Å². The summed E-state index contributed by atoms with van der Waals surface area (Å²) in [6, 6.07) is 2.33. The van der Waals surface area contributed by atoms with Gasteiger partial charge in [-0.2, -0.15) is 12.2 Å². The molecule has 0 N–H and O–H groups in total. The van der Waals surface area contributed by atoms with Gasteiger partial charge in [-0.15, -0.1) is 15.9 Å². The van der Waals surface area contributed by atoms with E-state index in [1.165, 1.54) is 12.1 Å². The Bertz CT molecular complexity index is 605. The predicted molar refractivity (Wildman–Crippen MR) is 78.1 cm³/mol. The molecule has 0 amide bonds. The Balaban J connectivity index is 0.00000220. The van der Waals surface area contributed by atoms with Gasteiger partial charge in [0.2, 0.25) is 0 Å². The molecule has 21 heavy (non-hydrogen) atoms. The maximum Gasteiger partial charge on any atom is 0.122 e. The van der Waals surface area contributed by atoms with E-state index >= 15 is 0 Å². The minimum atomic E-state index is -0.693. The first-order chi connectivity index (χ1) is 9.45. The van der Waals surface area contributed by atoms with Gasteiger partial charge in [0.05, 0.1) is 18.2 Å². The van der Waals surface area contributed by atoms with E-state index in [-0.39, 0.29) is 49.7 Å². The molecular weight excluding hydrogens is 417 g/mol. The third kappa shape index (κ3) is 3.82. The summed E-state index contributed by atoms with van der Waals surface area (Å²) >= 11 is 3.30. The molecule has 1 aliphatic heterocycles. The Morgan fingerprint density at radius 2 is 1.90 bits per heavy atom. The van der Waals surface area contributed by atoms with Gasteiger partial charge in [-0.25, -0.2) is 8.78 Å². The summed E-state index contributed by atoms with van der Waals surface area (Å²) in [6.45, 7) is 5.94. The molecule has 0 unspecified atom stereocenters. The normalized spacial score (nSPS) is 14.3. The summed E-state index contributed by atoms with van der Waals surface area (Å²) in [5.74, 6) is -1.22. The molecule has 1 aliphatic rings. The van der Waals surface area contributed by atoms with Gasteiger partial charge in [0.25, 0.3) is 0 Å². The number of allylic oxidation sites excluding steroid dienone is 3. The minimum Gasteiger partial charge on any atom is -0.494 e. The Hall–Kier alpha value is -0.516. The van der Waals surface area contributed by atoms with Crippen LogP contribution in [-0.2, 0) is 32.7 Å². The fraction of sp³-hybridized carbons (Fsp3) is 0.200. The number of likely N-dealkylation sites (N-methyl/N-ethyl adjacent to an activating group) is 1. The Morgan fingerprint density at radius 1 is 1.33 bits per heavy atom. The van der Waals surface area contributed by atoms with Crippen LogP contribution in [0.25, 0.3) is 5.70 Å². The summed E-state index contributed by atoms with van der Waals surface area (Å²) in [6.07, 6.45) is 4.44. The molecule has 0 fully saturated rings. The van der Waals surface area contributed by atoms with E-state index in [0.29, 0.717) is 12.3 Å². The van der Waals surface area contributed by atoms with E-state index in [4.69, 9.17) is 4.74 Å². The standard InChI is InChI=1S/C15H13BrF2NO.Y/c1-4-20-10-7-12(17)15(13(18)8-10)14-6-5-11(16)9(2)19(14)3;/h5,7-8H,2,4H2,1,3H3;/q-1;. The van der Waals surface area contributed by atoms with Crippen molar-refractivity contribution in [3.63, 3.8) is 0 Å². The molecule has 0 saturated heterocycles. The third-order valence-electron chi connectivity index (χ3n) is 2.92. The van der Waals surface area contributed by atoms with Crippen LogP contribution in [0, 0.1) is 17.7 Å². The Labute approximate surface area is 156 Å². The van der Waals surface area contributed by atoms with Gasteiger partial charge >= 0.3 is 0 Å². The number of ether oxygens (including phenoxy) is 1. The van der Waals surface area contributed by atoms with E-state index in [1.807, 2.05) is 0 Å². The van der Waals surface area contributed by atoms with Crippen LogP contribution < -0.4 is 4.74 Å². The van der Waals surface area contributed by atoms with E-state index in [2.05, 4.69) is 28.6 Å². The fourth-order valence-electron chi connectivity index (χ4n) is 1.87. The Morgan fingerprint density at radius 3 is 2.43 bits per heavy atom. The molecule has 6 heteroatoms. The number of hydrogen-bond acceptors (Lipinski definition) is 2. The van der Waals surface area contributed by atoms with Crippen molar-refractivity contribution in [3.05, 3.63) is 58.2 Å². The largest absolute Gasteiger partial charge is 0.494 e. The zero-order valence-corrected chi connectivity index (χ0v) is 16.1. The molecule has 0 spiro atoms. The maximum absolute atomic E-state index is 14.1. The van der Waals surface area contributed by atoms with Crippen LogP contribution in [0.15, 0.2) is 35.0 Å². The molecule has 1 aromatic carbocycles. The molecule has 0 aliphatic carbocycles. The number of benzene rings is 1. The molecule has 0 saturated carbocycles. The van der Waals surface area contributed by atoms with E-state index in [0.717, 1.165) is 4.48 Å². The second-order valence-electron chi connectivity index (χ2n) is 4.19. The van der Waals surface area contributed by atoms with Crippen molar-refractivity contribution in [3.8, 4) is 5.75 Å². The minimum absolute atomic E-state index is 0. The molecule has 2 nitrogen and oxygen atoms in total. The Kier molecular flexibility index (Phi) is 6.76. The van der Waals surface area contributed by atoms with Crippen molar-refractivity contribution in [1.29, 1.82) is 0 Å². The van der Waals surface area contributed by atoms with Crippen LogP contribution in [0.4, 0.5) is 8.78 Å². The van der Waals surface area contributed by atoms with Gasteiger partial charge in [-0.3, -0.25) is 0 Å². The van der Waals surface area contributed by atoms with Crippen molar-refractivity contribution in [2.75, 3.05) is 13.7 Å². The summed E-state index contributed by atoms with van der Waals surface area (Å²) in [5, 5.41) is 0. The van der Waals surface area contributed by atoms with Crippen LogP contribution in [-0.4, -0.2) is 18.6 Å². The van der Waals surface area contributed by atoms with Gasteiger partial charge in [-0.1, -0.05) is 16.8 Å². The average molecular weight is 430 g/mol. The molecular formula is C15H13BrF2NOY-. The molecule has 1 aromatic rings. The van der Waals surface area contributed by atoms with Crippen LogP contribution in [0.3, 0.4) is 0 Å². The molecule has 0 atom stereocenters. The topological polar surface area (TPSA) is 12.5 Å².